The second-order valence-corrected chi connectivity index (χ2v) is 4.94. The molecule has 8 heteroatoms. The van der Waals surface area contributed by atoms with Crippen LogP contribution in [0, 0.1) is 0 Å². The van der Waals surface area contributed by atoms with Gasteiger partial charge in [0.15, 0.2) is 0 Å². The zero-order chi connectivity index (χ0) is 13.5. The van der Waals surface area contributed by atoms with Crippen molar-refractivity contribution in [1.29, 1.82) is 0 Å². The Morgan fingerprint density at radius 2 is 2.26 bits per heavy atom. The second kappa shape index (κ2) is 7.25. The molecule has 2 aromatic heterocycles. The maximum atomic E-state index is 4.16. The number of rotatable bonds is 8. The highest BCUT2D eigenvalue weighted by molar-refractivity contribution is 7.98. The molecule has 1 N–H and O–H groups in total. The van der Waals surface area contributed by atoms with Crippen LogP contribution in [0.4, 0.5) is 0 Å². The Bertz CT molecular complexity index is 493. The summed E-state index contributed by atoms with van der Waals surface area (Å²) in [4.78, 5) is 4.16. The van der Waals surface area contributed by atoms with Crippen molar-refractivity contribution in [3.05, 3.63) is 18.2 Å². The molecule has 0 aliphatic heterocycles. The van der Waals surface area contributed by atoms with E-state index in [9.17, 15) is 0 Å². The molecule has 0 saturated carbocycles. The first-order valence-electron chi connectivity index (χ1n) is 6.43. The summed E-state index contributed by atoms with van der Waals surface area (Å²) in [6, 6.07) is 0. The molecule has 0 aliphatic carbocycles. The van der Waals surface area contributed by atoms with Gasteiger partial charge in [0.05, 0.1) is 12.9 Å². The van der Waals surface area contributed by atoms with E-state index in [1.165, 1.54) is 5.69 Å². The van der Waals surface area contributed by atoms with Crippen LogP contribution in [0.15, 0.2) is 17.7 Å². The van der Waals surface area contributed by atoms with Gasteiger partial charge in [-0.05, 0) is 23.9 Å². The molecule has 0 spiro atoms. The summed E-state index contributed by atoms with van der Waals surface area (Å²) in [5.74, 6) is 0.829. The smallest absolute Gasteiger partial charge is 0.209 e. The van der Waals surface area contributed by atoms with Gasteiger partial charge in [0.1, 0.15) is 0 Å². The summed E-state index contributed by atoms with van der Waals surface area (Å²) >= 11 is 1.64. The highest BCUT2D eigenvalue weighted by Gasteiger charge is 2.08. The summed E-state index contributed by atoms with van der Waals surface area (Å²) in [6.45, 7) is 7.75. The predicted octanol–water partition coefficient (Wildman–Crippen LogP) is 0.791. The van der Waals surface area contributed by atoms with Crippen LogP contribution >= 0.6 is 11.8 Å². The lowest BCUT2D eigenvalue weighted by atomic mass is 10.5. The Hall–Kier alpha value is -1.41. The number of imidazole rings is 1. The third-order valence-electron chi connectivity index (χ3n) is 2.74. The van der Waals surface area contributed by atoms with E-state index in [1.54, 1.807) is 11.8 Å². The lowest BCUT2D eigenvalue weighted by Crippen LogP contribution is -2.20. The Morgan fingerprint density at radius 3 is 3.05 bits per heavy atom. The Labute approximate surface area is 116 Å². The Balaban J connectivity index is 1.90. The van der Waals surface area contributed by atoms with Gasteiger partial charge in [-0.1, -0.05) is 18.7 Å². The first-order valence-corrected chi connectivity index (χ1v) is 7.42. The minimum atomic E-state index is 0.788. The lowest BCUT2D eigenvalue weighted by Gasteiger charge is -2.06. The van der Waals surface area contributed by atoms with Crippen molar-refractivity contribution in [3.63, 3.8) is 0 Å². The molecule has 0 bridgehead atoms. The summed E-state index contributed by atoms with van der Waals surface area (Å²) < 4.78 is 3.96. The first-order chi connectivity index (χ1) is 9.35. The van der Waals surface area contributed by atoms with Crippen LogP contribution in [0.2, 0.25) is 0 Å². The maximum absolute atomic E-state index is 4.16. The monoisotopic (exact) mass is 281 g/mol. The van der Waals surface area contributed by atoms with Crippen molar-refractivity contribution in [2.75, 3.05) is 13.1 Å². The number of nitrogens with zero attached hydrogens (tertiary/aromatic N) is 6. The van der Waals surface area contributed by atoms with E-state index in [-0.39, 0.29) is 0 Å². The Morgan fingerprint density at radius 1 is 1.37 bits per heavy atom. The molecular formula is C11H19N7S. The van der Waals surface area contributed by atoms with Gasteiger partial charge < -0.3 is 9.88 Å². The molecule has 0 fully saturated rings. The van der Waals surface area contributed by atoms with E-state index in [0.717, 1.165) is 37.1 Å². The van der Waals surface area contributed by atoms with Crippen molar-refractivity contribution in [2.45, 2.75) is 37.8 Å². The largest absolute Gasteiger partial charge is 0.334 e. The number of nitrogens with one attached hydrogen (secondary N) is 1. The molecule has 0 aliphatic rings. The normalized spacial score (nSPS) is 11.1. The molecule has 0 atom stereocenters. The lowest BCUT2D eigenvalue weighted by molar-refractivity contribution is 0.517. The Kier molecular flexibility index (Phi) is 5.34. The van der Waals surface area contributed by atoms with Crippen molar-refractivity contribution in [1.82, 2.24) is 35.1 Å². The predicted molar refractivity (Wildman–Crippen MR) is 73.8 cm³/mol. The van der Waals surface area contributed by atoms with Gasteiger partial charge in [-0.15, -0.1) is 5.10 Å². The average Bonchev–Trinajstić information content (AvgIpc) is 3.04. The number of hydrogen-bond acceptors (Lipinski definition) is 6. The SMILES string of the molecule is CCNCCn1nnnc1SCc1cncn1CC. The molecule has 0 radical (unpaired) electrons. The molecule has 2 heterocycles. The summed E-state index contributed by atoms with van der Waals surface area (Å²) in [7, 11) is 0. The van der Waals surface area contributed by atoms with E-state index in [2.05, 4.69) is 44.2 Å². The van der Waals surface area contributed by atoms with Gasteiger partial charge in [0, 0.05) is 30.7 Å². The van der Waals surface area contributed by atoms with Gasteiger partial charge in [-0.3, -0.25) is 0 Å². The molecule has 2 aromatic rings. The first kappa shape index (κ1) is 14.0. The second-order valence-electron chi connectivity index (χ2n) is 4.00. The van der Waals surface area contributed by atoms with Crippen LogP contribution in [0.5, 0.6) is 0 Å². The molecule has 19 heavy (non-hydrogen) atoms. The van der Waals surface area contributed by atoms with Crippen LogP contribution in [0.3, 0.4) is 0 Å². The van der Waals surface area contributed by atoms with Crippen molar-refractivity contribution < 1.29 is 0 Å². The van der Waals surface area contributed by atoms with Crippen molar-refractivity contribution >= 4 is 11.8 Å². The maximum Gasteiger partial charge on any atom is 0.209 e. The zero-order valence-corrected chi connectivity index (χ0v) is 12.1. The number of thioether (sulfide) groups is 1. The molecular weight excluding hydrogens is 262 g/mol. The summed E-state index contributed by atoms with van der Waals surface area (Å²) in [5.41, 5.74) is 1.19. The highest BCUT2D eigenvalue weighted by atomic mass is 32.2. The van der Waals surface area contributed by atoms with Gasteiger partial charge in [-0.2, -0.15) is 0 Å². The quantitative estimate of drug-likeness (QED) is 0.570. The molecule has 0 saturated heterocycles. The summed E-state index contributed by atoms with van der Waals surface area (Å²) in [6.07, 6.45) is 3.74. The third kappa shape index (κ3) is 3.77. The van der Waals surface area contributed by atoms with E-state index >= 15 is 0 Å². The molecule has 0 unspecified atom stereocenters. The van der Waals surface area contributed by atoms with Crippen LogP contribution in [-0.2, 0) is 18.8 Å². The average molecular weight is 281 g/mol. The van der Waals surface area contributed by atoms with Crippen LogP contribution in [-0.4, -0.2) is 42.8 Å². The minimum absolute atomic E-state index is 0.788. The number of aryl methyl sites for hydroxylation is 1. The molecule has 7 nitrogen and oxygen atoms in total. The molecule has 2 rings (SSSR count). The fourth-order valence-electron chi connectivity index (χ4n) is 1.69. The number of hydrogen-bond donors (Lipinski definition) is 1. The van der Waals surface area contributed by atoms with Crippen LogP contribution < -0.4 is 5.32 Å². The number of tetrazole rings is 1. The number of likely N-dealkylation sites (N-methyl/N-ethyl adjacent to an activating group) is 1. The topological polar surface area (TPSA) is 73.5 Å². The molecule has 0 amide bonds. The molecule has 0 aromatic carbocycles. The van der Waals surface area contributed by atoms with Gasteiger partial charge in [-0.25, -0.2) is 9.67 Å². The highest BCUT2D eigenvalue weighted by Crippen LogP contribution is 2.19. The van der Waals surface area contributed by atoms with E-state index in [1.807, 2.05) is 17.2 Å². The van der Waals surface area contributed by atoms with E-state index in [4.69, 9.17) is 0 Å². The molecule has 104 valence electrons. The van der Waals surface area contributed by atoms with Crippen LogP contribution in [0.1, 0.15) is 19.5 Å². The standard InChI is InChI=1S/C11H19N7S/c1-3-12-5-6-18-11(14-15-16-18)19-8-10-7-13-9-17(10)4-2/h7,9,12H,3-6,8H2,1-2H3. The zero-order valence-electron chi connectivity index (χ0n) is 11.3. The van der Waals surface area contributed by atoms with Crippen LogP contribution in [0.25, 0.3) is 0 Å². The fraction of sp³-hybridized carbons (Fsp3) is 0.636. The number of aromatic nitrogens is 6. The third-order valence-corrected chi connectivity index (χ3v) is 3.73. The summed E-state index contributed by atoms with van der Waals surface area (Å²) in [5, 5.41) is 15.9. The minimum Gasteiger partial charge on any atom is -0.334 e. The van der Waals surface area contributed by atoms with Crippen molar-refractivity contribution in [3.8, 4) is 0 Å². The van der Waals surface area contributed by atoms with Crippen molar-refractivity contribution in [2.24, 2.45) is 0 Å². The van der Waals surface area contributed by atoms with Gasteiger partial charge >= 0.3 is 0 Å². The fourth-order valence-corrected chi connectivity index (χ4v) is 2.58. The van der Waals surface area contributed by atoms with E-state index < -0.39 is 0 Å². The van der Waals surface area contributed by atoms with Gasteiger partial charge in [0.25, 0.3) is 0 Å². The van der Waals surface area contributed by atoms with Gasteiger partial charge in [0.2, 0.25) is 5.16 Å². The van der Waals surface area contributed by atoms with E-state index in [0.29, 0.717) is 0 Å².